The summed E-state index contributed by atoms with van der Waals surface area (Å²) in [4.78, 5) is 31.3. The second-order valence-corrected chi connectivity index (χ2v) is 9.17. The maximum atomic E-state index is 13.4. The number of hydrazine groups is 2. The van der Waals surface area contributed by atoms with Crippen LogP contribution >= 0.6 is 23.2 Å². The van der Waals surface area contributed by atoms with Crippen LogP contribution in [0.2, 0.25) is 5.02 Å². The van der Waals surface area contributed by atoms with E-state index < -0.39 is 6.04 Å². The van der Waals surface area contributed by atoms with E-state index in [1.807, 2.05) is 48.5 Å². The van der Waals surface area contributed by atoms with Crippen LogP contribution < -0.4 is 26.8 Å². The van der Waals surface area contributed by atoms with Gasteiger partial charge in [0.1, 0.15) is 11.2 Å². The normalized spacial score (nSPS) is 13.6. The number of amides is 1. The number of carbonyl (C=O) groups excluding carboxylic acids is 1. The summed E-state index contributed by atoms with van der Waals surface area (Å²) in [7, 11) is 0. The van der Waals surface area contributed by atoms with Gasteiger partial charge in [-0.25, -0.2) is 4.98 Å². The SMILES string of the molecule is O=C(Nc1ccccc1)[C@H](Cc1ccccc1)n1cnc(-c2cc(Cl)ccc2N2C=C(Cl)NN2)cc1=O. The van der Waals surface area contributed by atoms with E-state index in [-0.39, 0.29) is 11.5 Å². The number of benzene rings is 3. The average molecular weight is 533 g/mol. The lowest BCUT2D eigenvalue weighted by atomic mass is 10.0. The summed E-state index contributed by atoms with van der Waals surface area (Å²) in [6, 6.07) is 24.5. The van der Waals surface area contributed by atoms with Crippen LogP contribution in [-0.4, -0.2) is 15.5 Å². The van der Waals surface area contributed by atoms with E-state index in [4.69, 9.17) is 23.2 Å². The highest BCUT2D eigenvalue weighted by atomic mass is 35.5. The maximum Gasteiger partial charge on any atom is 0.254 e. The number of nitrogens with zero attached hydrogens (tertiary/aromatic N) is 3. The van der Waals surface area contributed by atoms with E-state index in [1.165, 1.54) is 17.0 Å². The highest BCUT2D eigenvalue weighted by Crippen LogP contribution is 2.32. The number of halogens is 2. The lowest BCUT2D eigenvalue weighted by Crippen LogP contribution is -2.36. The highest BCUT2D eigenvalue weighted by molar-refractivity contribution is 6.31. The lowest BCUT2D eigenvalue weighted by Gasteiger charge is -2.21. The summed E-state index contributed by atoms with van der Waals surface area (Å²) in [6.45, 7) is 0. The predicted octanol–water partition coefficient (Wildman–Crippen LogP) is 4.85. The molecule has 1 atom stereocenters. The quantitative estimate of drug-likeness (QED) is 0.294. The molecule has 5 rings (SSSR count). The molecule has 0 radical (unpaired) electrons. The minimum atomic E-state index is -0.818. The van der Waals surface area contributed by atoms with Crippen LogP contribution in [0.1, 0.15) is 11.6 Å². The molecule has 0 aliphatic carbocycles. The van der Waals surface area contributed by atoms with E-state index in [9.17, 15) is 9.59 Å². The van der Waals surface area contributed by atoms with Gasteiger partial charge in [-0.1, -0.05) is 71.7 Å². The third-order valence-electron chi connectivity index (χ3n) is 5.82. The van der Waals surface area contributed by atoms with Crippen LogP contribution in [-0.2, 0) is 11.2 Å². The van der Waals surface area contributed by atoms with Crippen molar-refractivity contribution >= 4 is 40.5 Å². The van der Waals surface area contributed by atoms with Crippen molar-refractivity contribution in [3.63, 3.8) is 0 Å². The molecule has 10 heteroatoms. The first kappa shape index (κ1) is 24.6. The van der Waals surface area contributed by atoms with Gasteiger partial charge in [0.15, 0.2) is 0 Å². The van der Waals surface area contributed by atoms with Crippen LogP contribution in [0, 0.1) is 0 Å². The molecule has 4 aromatic rings. The Morgan fingerprint density at radius 1 is 0.973 bits per heavy atom. The molecule has 2 heterocycles. The Morgan fingerprint density at radius 2 is 1.70 bits per heavy atom. The van der Waals surface area contributed by atoms with Crippen molar-refractivity contribution in [1.29, 1.82) is 0 Å². The number of para-hydroxylation sites is 1. The maximum absolute atomic E-state index is 13.4. The molecule has 0 saturated carbocycles. The van der Waals surface area contributed by atoms with E-state index >= 15 is 0 Å². The zero-order chi connectivity index (χ0) is 25.8. The zero-order valence-corrected chi connectivity index (χ0v) is 20.9. The van der Waals surface area contributed by atoms with Crippen LogP contribution in [0.25, 0.3) is 11.3 Å². The number of anilines is 2. The summed E-state index contributed by atoms with van der Waals surface area (Å²) < 4.78 is 1.35. The average Bonchev–Trinajstić information content (AvgIpc) is 3.34. The predicted molar refractivity (Wildman–Crippen MR) is 146 cm³/mol. The molecule has 1 aliphatic rings. The Kier molecular flexibility index (Phi) is 7.23. The van der Waals surface area contributed by atoms with E-state index in [1.54, 1.807) is 41.5 Å². The zero-order valence-electron chi connectivity index (χ0n) is 19.4. The Labute approximate surface area is 223 Å². The number of hydrogen-bond donors (Lipinski definition) is 3. The van der Waals surface area contributed by atoms with Gasteiger partial charge in [0.2, 0.25) is 5.91 Å². The number of hydrogen-bond acceptors (Lipinski definition) is 6. The molecule has 8 nitrogen and oxygen atoms in total. The molecular formula is C27H22Cl2N6O2. The molecule has 0 unspecified atom stereocenters. The minimum Gasteiger partial charge on any atom is -0.324 e. The number of nitrogens with one attached hydrogen (secondary N) is 3. The van der Waals surface area contributed by atoms with E-state index in [0.717, 1.165) is 5.56 Å². The Morgan fingerprint density at radius 3 is 2.38 bits per heavy atom. The number of carbonyl (C=O) groups is 1. The van der Waals surface area contributed by atoms with Gasteiger partial charge in [-0.15, -0.1) is 5.53 Å². The molecule has 0 spiro atoms. The van der Waals surface area contributed by atoms with E-state index in [0.29, 0.717) is 39.2 Å². The van der Waals surface area contributed by atoms with E-state index in [2.05, 4.69) is 21.3 Å². The monoisotopic (exact) mass is 532 g/mol. The molecule has 1 amide bonds. The molecule has 3 aromatic carbocycles. The van der Waals surface area contributed by atoms with Gasteiger partial charge < -0.3 is 5.32 Å². The second-order valence-electron chi connectivity index (χ2n) is 8.33. The van der Waals surface area contributed by atoms with Crippen molar-refractivity contribution in [3.8, 4) is 11.3 Å². The molecule has 37 heavy (non-hydrogen) atoms. The first-order valence-corrected chi connectivity index (χ1v) is 12.2. The van der Waals surface area contributed by atoms with Gasteiger partial charge in [-0.05, 0) is 35.9 Å². The molecule has 1 aromatic heterocycles. The highest BCUT2D eigenvalue weighted by Gasteiger charge is 2.24. The Balaban J connectivity index is 1.51. The molecule has 0 fully saturated rings. The fourth-order valence-corrected chi connectivity index (χ4v) is 4.35. The van der Waals surface area contributed by atoms with Gasteiger partial charge in [-0.3, -0.25) is 24.6 Å². The largest absolute Gasteiger partial charge is 0.324 e. The third kappa shape index (κ3) is 5.67. The van der Waals surface area contributed by atoms with Crippen LogP contribution in [0.15, 0.2) is 107 Å². The molecule has 0 saturated heterocycles. The Bertz CT molecular complexity index is 1510. The van der Waals surface area contributed by atoms with Crippen molar-refractivity contribution in [2.45, 2.75) is 12.5 Å². The van der Waals surface area contributed by atoms with Crippen LogP contribution in [0.5, 0.6) is 0 Å². The van der Waals surface area contributed by atoms with Gasteiger partial charge in [-0.2, -0.15) is 0 Å². The summed E-state index contributed by atoms with van der Waals surface area (Å²) in [5.41, 5.74) is 8.59. The van der Waals surface area contributed by atoms with Crippen LogP contribution in [0.4, 0.5) is 11.4 Å². The van der Waals surface area contributed by atoms with Crippen molar-refractivity contribution in [2.75, 3.05) is 10.3 Å². The summed E-state index contributed by atoms with van der Waals surface area (Å²) >= 11 is 12.3. The van der Waals surface area contributed by atoms with Crippen molar-refractivity contribution in [1.82, 2.24) is 20.5 Å². The summed E-state index contributed by atoms with van der Waals surface area (Å²) in [5.74, 6) is -0.317. The molecule has 0 bridgehead atoms. The number of rotatable bonds is 7. The minimum absolute atomic E-state index is 0.315. The van der Waals surface area contributed by atoms with Crippen molar-refractivity contribution in [3.05, 3.63) is 124 Å². The molecule has 1 aliphatic heterocycles. The summed E-state index contributed by atoms with van der Waals surface area (Å²) in [6.07, 6.45) is 3.37. The van der Waals surface area contributed by atoms with Gasteiger partial charge in [0.25, 0.3) is 5.56 Å². The Hall–Kier alpha value is -4.11. The molecule has 186 valence electrons. The topological polar surface area (TPSA) is 91.3 Å². The first-order chi connectivity index (χ1) is 18.0. The lowest BCUT2D eigenvalue weighted by molar-refractivity contribution is -0.119. The second kappa shape index (κ2) is 10.9. The van der Waals surface area contributed by atoms with Crippen molar-refractivity contribution < 1.29 is 4.79 Å². The fourth-order valence-electron chi connectivity index (χ4n) is 4.04. The number of aromatic nitrogens is 2. The summed E-state index contributed by atoms with van der Waals surface area (Å²) in [5, 5.41) is 5.45. The first-order valence-electron chi connectivity index (χ1n) is 11.4. The standard InChI is InChI=1S/C27H22Cl2N6O2/c28-19-11-12-23(35-16-25(29)32-33-35)21(14-19)22-15-26(36)34(17-30-22)24(13-18-7-3-1-4-8-18)27(37)31-20-9-5-2-6-10-20/h1-12,14-17,24,32-33H,13H2,(H,31,37)/t24-/m0/s1. The smallest absolute Gasteiger partial charge is 0.254 e. The van der Waals surface area contributed by atoms with Gasteiger partial charge >= 0.3 is 0 Å². The van der Waals surface area contributed by atoms with Gasteiger partial charge in [0, 0.05) is 28.8 Å². The fraction of sp³-hybridized carbons (Fsp3) is 0.0741. The van der Waals surface area contributed by atoms with Gasteiger partial charge in [0.05, 0.1) is 23.9 Å². The third-order valence-corrected chi connectivity index (χ3v) is 6.25. The van der Waals surface area contributed by atoms with Crippen molar-refractivity contribution in [2.24, 2.45) is 0 Å². The molecular weight excluding hydrogens is 511 g/mol. The molecule has 3 N–H and O–H groups in total. The van der Waals surface area contributed by atoms with Crippen LogP contribution in [0.3, 0.4) is 0 Å².